The highest BCUT2D eigenvalue weighted by Gasteiger charge is 2.13. The van der Waals surface area contributed by atoms with Crippen LogP contribution in [0.1, 0.15) is 12.8 Å². The van der Waals surface area contributed by atoms with Gasteiger partial charge in [0.2, 0.25) is 0 Å². The maximum Gasteiger partial charge on any atom is 0.253 e. The first-order valence-corrected chi connectivity index (χ1v) is 4.79. The minimum absolute atomic E-state index is 0.000531. The quantitative estimate of drug-likeness (QED) is 0.273. The average Bonchev–Trinajstić information content (AvgIpc) is 2.18. The molecule has 1 fully saturated rings. The monoisotopic (exact) mass is 212 g/mol. The molecular formula is C9H16N4O2. The summed E-state index contributed by atoms with van der Waals surface area (Å²) in [7, 11) is 0. The molecule has 6 nitrogen and oxygen atoms in total. The average molecular weight is 212 g/mol. The van der Waals surface area contributed by atoms with E-state index in [0.717, 1.165) is 19.4 Å². The van der Waals surface area contributed by atoms with Crippen molar-refractivity contribution in [1.82, 2.24) is 5.32 Å². The largest absolute Gasteiger partial charge is 0.385 e. The topological polar surface area (TPSA) is 114 Å². The highest BCUT2D eigenvalue weighted by atomic mass is 16.5. The molecule has 1 amide bonds. The Morgan fingerprint density at radius 2 is 2.27 bits per heavy atom. The zero-order chi connectivity index (χ0) is 11.3. The lowest BCUT2D eigenvalue weighted by Gasteiger charge is -2.22. The molecule has 1 aliphatic rings. The number of carbonyl (C=O) groups excluding carboxylic acids is 1. The fourth-order valence-electron chi connectivity index (χ4n) is 1.35. The van der Waals surface area contributed by atoms with Gasteiger partial charge in [0.1, 0.15) is 5.84 Å². The fraction of sp³-hybridized carbons (Fsp3) is 0.556. The van der Waals surface area contributed by atoms with Crippen molar-refractivity contribution in [3.05, 3.63) is 11.8 Å². The van der Waals surface area contributed by atoms with E-state index < -0.39 is 5.91 Å². The van der Waals surface area contributed by atoms with E-state index in [1.807, 2.05) is 0 Å². The van der Waals surface area contributed by atoms with Gasteiger partial charge in [-0.1, -0.05) is 0 Å². The first-order chi connectivity index (χ1) is 7.11. The highest BCUT2D eigenvalue weighted by molar-refractivity contribution is 6.18. The van der Waals surface area contributed by atoms with Gasteiger partial charge in [-0.25, -0.2) is 0 Å². The maximum atomic E-state index is 10.9. The van der Waals surface area contributed by atoms with Crippen LogP contribution in [-0.2, 0) is 9.53 Å². The molecule has 1 heterocycles. The Bertz CT molecular complexity index is 266. The summed E-state index contributed by atoms with van der Waals surface area (Å²) in [5.41, 5.74) is 10.3. The third-order valence-electron chi connectivity index (χ3n) is 2.18. The van der Waals surface area contributed by atoms with Gasteiger partial charge in [0.05, 0.1) is 12.2 Å². The fourth-order valence-corrected chi connectivity index (χ4v) is 1.35. The number of carbonyl (C=O) groups is 1. The highest BCUT2D eigenvalue weighted by Crippen LogP contribution is 2.05. The van der Waals surface area contributed by atoms with Crippen molar-refractivity contribution >= 4 is 11.7 Å². The van der Waals surface area contributed by atoms with Crippen molar-refractivity contribution in [2.24, 2.45) is 11.5 Å². The lowest BCUT2D eigenvalue weighted by molar-refractivity contribution is -0.114. The van der Waals surface area contributed by atoms with Crippen LogP contribution in [0.4, 0.5) is 0 Å². The molecule has 0 aromatic rings. The van der Waals surface area contributed by atoms with Crippen molar-refractivity contribution in [2.75, 3.05) is 13.2 Å². The second-order valence-corrected chi connectivity index (χ2v) is 3.42. The molecule has 0 aliphatic carbocycles. The summed E-state index contributed by atoms with van der Waals surface area (Å²) in [5.74, 6) is -1.03. The Labute approximate surface area is 88.2 Å². The molecule has 0 aromatic carbocycles. The first-order valence-electron chi connectivity index (χ1n) is 4.79. The molecule has 0 unspecified atom stereocenters. The van der Waals surface area contributed by atoms with E-state index >= 15 is 0 Å². The minimum atomic E-state index is -0.702. The van der Waals surface area contributed by atoms with Gasteiger partial charge in [0.25, 0.3) is 5.91 Å². The van der Waals surface area contributed by atoms with Gasteiger partial charge in [-0.05, 0) is 12.8 Å². The Balaban J connectivity index is 2.52. The van der Waals surface area contributed by atoms with E-state index in [-0.39, 0.29) is 17.5 Å². The standard InChI is InChI=1S/C9H16N4O2/c10-8(11)7(9(12)14)4-13-6-2-1-3-15-5-6/h4,6,13H,1-3,5H2,(H3,10,11)(H2,12,14)/b7-4+/t6-/m1/s1. The van der Waals surface area contributed by atoms with Gasteiger partial charge < -0.3 is 21.5 Å². The Kier molecular flexibility index (Phi) is 4.11. The number of amidine groups is 1. The molecule has 0 aromatic heterocycles. The smallest absolute Gasteiger partial charge is 0.253 e. The predicted molar refractivity (Wildman–Crippen MR) is 56.2 cm³/mol. The van der Waals surface area contributed by atoms with Crippen LogP contribution >= 0.6 is 0 Å². The van der Waals surface area contributed by atoms with Crippen LogP contribution in [0.3, 0.4) is 0 Å². The van der Waals surface area contributed by atoms with Crippen molar-refractivity contribution in [2.45, 2.75) is 18.9 Å². The molecule has 84 valence electrons. The maximum absolute atomic E-state index is 10.9. The molecule has 1 aliphatic heterocycles. The molecular weight excluding hydrogens is 196 g/mol. The summed E-state index contributed by atoms with van der Waals surface area (Å²) in [6.07, 6.45) is 3.35. The van der Waals surface area contributed by atoms with Crippen molar-refractivity contribution in [3.63, 3.8) is 0 Å². The summed E-state index contributed by atoms with van der Waals surface area (Å²) < 4.78 is 5.24. The van der Waals surface area contributed by atoms with E-state index in [0.29, 0.717) is 6.61 Å². The van der Waals surface area contributed by atoms with E-state index in [1.54, 1.807) is 0 Å². The van der Waals surface area contributed by atoms with Crippen LogP contribution in [0.5, 0.6) is 0 Å². The second kappa shape index (κ2) is 5.35. The molecule has 0 radical (unpaired) electrons. The zero-order valence-electron chi connectivity index (χ0n) is 8.45. The molecule has 6 N–H and O–H groups in total. The number of amides is 1. The number of primary amides is 1. The van der Waals surface area contributed by atoms with Gasteiger partial charge >= 0.3 is 0 Å². The molecule has 1 rings (SSSR count). The number of nitrogens with two attached hydrogens (primary N) is 2. The lowest BCUT2D eigenvalue weighted by atomic mass is 10.1. The summed E-state index contributed by atoms with van der Waals surface area (Å²) in [6, 6.07) is 0.160. The Morgan fingerprint density at radius 3 is 2.73 bits per heavy atom. The summed E-state index contributed by atoms with van der Waals surface area (Å²) in [4.78, 5) is 10.9. The van der Waals surface area contributed by atoms with Crippen LogP contribution in [0.25, 0.3) is 0 Å². The lowest BCUT2D eigenvalue weighted by Crippen LogP contribution is -2.35. The van der Waals surface area contributed by atoms with E-state index in [4.69, 9.17) is 21.6 Å². The number of nitrogens with one attached hydrogen (secondary N) is 2. The Morgan fingerprint density at radius 1 is 1.53 bits per heavy atom. The molecule has 0 saturated carbocycles. The van der Waals surface area contributed by atoms with Gasteiger partial charge in [0.15, 0.2) is 0 Å². The van der Waals surface area contributed by atoms with Crippen LogP contribution in [-0.4, -0.2) is 31.0 Å². The summed E-state index contributed by atoms with van der Waals surface area (Å²) >= 11 is 0. The van der Waals surface area contributed by atoms with Crippen molar-refractivity contribution in [3.8, 4) is 0 Å². The number of ether oxygens (including phenoxy) is 1. The molecule has 15 heavy (non-hydrogen) atoms. The molecule has 1 atom stereocenters. The van der Waals surface area contributed by atoms with E-state index in [9.17, 15) is 4.79 Å². The number of hydrogen-bond donors (Lipinski definition) is 4. The van der Waals surface area contributed by atoms with Crippen LogP contribution in [0.2, 0.25) is 0 Å². The van der Waals surface area contributed by atoms with Gasteiger partial charge in [0, 0.05) is 18.8 Å². The van der Waals surface area contributed by atoms with Crippen LogP contribution in [0, 0.1) is 5.41 Å². The summed E-state index contributed by atoms with van der Waals surface area (Å²) in [6.45, 7) is 1.37. The summed E-state index contributed by atoms with van der Waals surface area (Å²) in [5, 5.41) is 10.1. The predicted octanol–water partition coefficient (Wildman–Crippen LogP) is -0.940. The van der Waals surface area contributed by atoms with Gasteiger partial charge in [-0.15, -0.1) is 0 Å². The first kappa shape index (κ1) is 11.5. The van der Waals surface area contributed by atoms with Crippen molar-refractivity contribution in [1.29, 1.82) is 5.41 Å². The van der Waals surface area contributed by atoms with E-state index in [1.165, 1.54) is 6.20 Å². The zero-order valence-corrected chi connectivity index (χ0v) is 8.45. The van der Waals surface area contributed by atoms with E-state index in [2.05, 4.69) is 5.32 Å². The molecule has 0 spiro atoms. The molecule has 1 saturated heterocycles. The van der Waals surface area contributed by atoms with Crippen LogP contribution < -0.4 is 16.8 Å². The minimum Gasteiger partial charge on any atom is -0.385 e. The molecule has 0 bridgehead atoms. The SMILES string of the molecule is N=C(N)/C(=C\N[C@@H]1CCCOC1)C(N)=O. The third kappa shape index (κ3) is 3.59. The second-order valence-electron chi connectivity index (χ2n) is 3.42. The number of hydrogen-bond acceptors (Lipinski definition) is 4. The molecule has 6 heteroatoms. The normalized spacial score (nSPS) is 22.1. The van der Waals surface area contributed by atoms with Crippen molar-refractivity contribution < 1.29 is 9.53 Å². The van der Waals surface area contributed by atoms with Gasteiger partial charge in [-0.3, -0.25) is 10.2 Å². The third-order valence-corrected chi connectivity index (χ3v) is 2.18. The number of rotatable bonds is 4. The van der Waals surface area contributed by atoms with Gasteiger partial charge in [-0.2, -0.15) is 0 Å². The Hall–Kier alpha value is -1.56. The van der Waals surface area contributed by atoms with Crippen LogP contribution in [0.15, 0.2) is 11.8 Å².